The Balaban J connectivity index is 2.95. The van der Waals surface area contributed by atoms with Gasteiger partial charge in [0.1, 0.15) is 11.6 Å². The molecule has 0 aliphatic carbocycles. The molecule has 1 rings (SSSR count). The zero-order chi connectivity index (χ0) is 18.5. The van der Waals surface area contributed by atoms with E-state index in [0.717, 1.165) is 0 Å². The number of nitrogens with one attached hydrogen (secondary N) is 1. The van der Waals surface area contributed by atoms with Gasteiger partial charge in [-0.25, -0.2) is 9.59 Å². The molecule has 0 aromatic heterocycles. The Hall–Kier alpha value is -1.71. The largest absolute Gasteiger partial charge is 0.504 e. The maximum absolute atomic E-state index is 11.9. The number of hydrogen-bond acceptors (Lipinski definition) is 6. The van der Waals surface area contributed by atoms with Crippen LogP contribution in [-0.2, 0) is 20.7 Å². The topological polar surface area (TPSA) is 94.1 Å². The number of benzene rings is 1. The number of phenolic OH excluding ortho intramolecular Hbond substituents is 1. The second-order valence-corrected chi connectivity index (χ2v) is 7.22. The molecule has 0 spiro atoms. The second kappa shape index (κ2) is 8.41. The molecule has 1 aromatic rings. The van der Waals surface area contributed by atoms with Crippen LogP contribution in [0.3, 0.4) is 0 Å². The van der Waals surface area contributed by atoms with E-state index in [9.17, 15) is 14.7 Å². The highest BCUT2D eigenvalue weighted by molar-refractivity contribution is 14.1. The molecule has 0 bridgehead atoms. The van der Waals surface area contributed by atoms with Gasteiger partial charge in [-0.2, -0.15) is 0 Å². The summed E-state index contributed by atoms with van der Waals surface area (Å²) in [7, 11) is 2.69. The van der Waals surface area contributed by atoms with Crippen LogP contribution in [0.15, 0.2) is 12.1 Å². The molecule has 0 aliphatic heterocycles. The zero-order valence-electron chi connectivity index (χ0n) is 14.3. The smallest absolute Gasteiger partial charge is 0.408 e. The highest BCUT2D eigenvalue weighted by atomic mass is 127. The fourth-order valence-electron chi connectivity index (χ4n) is 1.97. The van der Waals surface area contributed by atoms with E-state index in [0.29, 0.717) is 14.9 Å². The zero-order valence-corrected chi connectivity index (χ0v) is 16.5. The number of methoxy groups -OCH3 is 2. The van der Waals surface area contributed by atoms with Crippen molar-refractivity contribution in [2.24, 2.45) is 0 Å². The molecule has 0 aliphatic rings. The van der Waals surface area contributed by atoms with Gasteiger partial charge in [0.25, 0.3) is 0 Å². The van der Waals surface area contributed by atoms with Crippen molar-refractivity contribution >= 4 is 34.7 Å². The average molecular weight is 451 g/mol. The van der Waals surface area contributed by atoms with Crippen molar-refractivity contribution in [3.05, 3.63) is 21.3 Å². The molecule has 1 atom stereocenters. The van der Waals surface area contributed by atoms with E-state index in [1.165, 1.54) is 20.3 Å². The first kappa shape index (κ1) is 20.3. The maximum atomic E-state index is 11.9. The Morgan fingerprint density at radius 3 is 2.38 bits per heavy atom. The first-order chi connectivity index (χ1) is 11.1. The molecular weight excluding hydrogens is 429 g/mol. The fourth-order valence-corrected chi connectivity index (χ4v) is 2.87. The minimum absolute atomic E-state index is 0.0414. The minimum atomic E-state index is -0.937. The van der Waals surface area contributed by atoms with Gasteiger partial charge in [0, 0.05) is 6.42 Å². The van der Waals surface area contributed by atoms with Gasteiger partial charge in [-0.15, -0.1) is 0 Å². The molecule has 0 radical (unpaired) electrons. The molecule has 1 unspecified atom stereocenters. The van der Waals surface area contributed by atoms with E-state index >= 15 is 0 Å². The van der Waals surface area contributed by atoms with Gasteiger partial charge in [-0.05, 0) is 61.1 Å². The Morgan fingerprint density at radius 2 is 1.92 bits per heavy atom. The number of carbonyl (C=O) groups is 2. The van der Waals surface area contributed by atoms with Crippen LogP contribution < -0.4 is 10.1 Å². The van der Waals surface area contributed by atoms with Crippen molar-refractivity contribution in [2.45, 2.75) is 38.8 Å². The standard InChI is InChI=1S/C16H22INO6/c1-16(2,3)24-15(21)18-11(14(20)23-5)7-9-6-10(17)13(22-4)12(19)8-9/h6,8,11,19H,7H2,1-5H3,(H,18,21). The van der Waals surface area contributed by atoms with Gasteiger partial charge in [0.05, 0.1) is 17.8 Å². The number of hydrogen-bond donors (Lipinski definition) is 2. The molecule has 0 fully saturated rings. The van der Waals surface area contributed by atoms with Crippen LogP contribution in [0.4, 0.5) is 4.79 Å². The van der Waals surface area contributed by atoms with Crippen LogP contribution in [0.5, 0.6) is 11.5 Å². The number of esters is 1. The van der Waals surface area contributed by atoms with E-state index < -0.39 is 23.7 Å². The lowest BCUT2D eigenvalue weighted by Gasteiger charge is -2.22. The van der Waals surface area contributed by atoms with Crippen molar-refractivity contribution in [3.63, 3.8) is 0 Å². The lowest BCUT2D eigenvalue weighted by atomic mass is 10.1. The lowest BCUT2D eigenvalue weighted by Crippen LogP contribution is -2.45. The Kier molecular flexibility index (Phi) is 7.12. The van der Waals surface area contributed by atoms with E-state index in [1.54, 1.807) is 26.8 Å². The monoisotopic (exact) mass is 451 g/mol. The molecule has 2 N–H and O–H groups in total. The average Bonchev–Trinajstić information content (AvgIpc) is 2.43. The molecule has 24 heavy (non-hydrogen) atoms. The van der Waals surface area contributed by atoms with Gasteiger partial charge >= 0.3 is 12.1 Å². The van der Waals surface area contributed by atoms with Crippen LogP contribution >= 0.6 is 22.6 Å². The van der Waals surface area contributed by atoms with E-state index in [2.05, 4.69) is 5.32 Å². The quantitative estimate of drug-likeness (QED) is 0.528. The van der Waals surface area contributed by atoms with E-state index in [4.69, 9.17) is 14.2 Å². The number of rotatable bonds is 5. The lowest BCUT2D eigenvalue weighted by molar-refractivity contribution is -0.143. The summed E-state index contributed by atoms with van der Waals surface area (Å²) >= 11 is 2.02. The number of halogens is 1. The summed E-state index contributed by atoms with van der Waals surface area (Å²) in [5, 5.41) is 12.4. The van der Waals surface area contributed by atoms with E-state index in [-0.39, 0.29) is 12.2 Å². The summed E-state index contributed by atoms with van der Waals surface area (Å²) < 4.78 is 15.6. The first-order valence-corrected chi connectivity index (χ1v) is 8.28. The normalized spacial score (nSPS) is 12.2. The number of aromatic hydroxyl groups is 1. The Labute approximate surface area is 154 Å². The number of ether oxygens (including phenoxy) is 3. The highest BCUT2D eigenvalue weighted by Gasteiger charge is 2.26. The molecule has 0 saturated heterocycles. The van der Waals surface area contributed by atoms with Crippen molar-refractivity contribution in [2.75, 3.05) is 14.2 Å². The summed E-state index contributed by atoms with van der Waals surface area (Å²) in [6, 6.07) is 2.30. The Morgan fingerprint density at radius 1 is 1.29 bits per heavy atom. The molecule has 1 amide bonds. The van der Waals surface area contributed by atoms with Crippen LogP contribution in [0.1, 0.15) is 26.3 Å². The van der Waals surface area contributed by atoms with Crippen molar-refractivity contribution in [1.82, 2.24) is 5.32 Å². The molecule has 0 saturated carbocycles. The predicted molar refractivity (Wildman–Crippen MR) is 96.3 cm³/mol. The third kappa shape index (κ3) is 6.06. The number of phenols is 1. The number of alkyl carbamates (subject to hydrolysis) is 1. The maximum Gasteiger partial charge on any atom is 0.408 e. The second-order valence-electron chi connectivity index (χ2n) is 6.06. The van der Waals surface area contributed by atoms with Crippen LogP contribution in [0.2, 0.25) is 0 Å². The first-order valence-electron chi connectivity index (χ1n) is 7.20. The molecular formula is C16H22INO6. The highest BCUT2D eigenvalue weighted by Crippen LogP contribution is 2.32. The van der Waals surface area contributed by atoms with Gasteiger partial charge in [0.2, 0.25) is 0 Å². The molecule has 8 heteroatoms. The SMILES string of the molecule is COC(=O)C(Cc1cc(O)c(OC)c(I)c1)NC(=O)OC(C)(C)C. The van der Waals surface area contributed by atoms with Crippen LogP contribution in [-0.4, -0.2) is 43.0 Å². The minimum Gasteiger partial charge on any atom is -0.504 e. The fraction of sp³-hybridized carbons (Fsp3) is 0.500. The summed E-state index contributed by atoms with van der Waals surface area (Å²) in [6.07, 6.45) is -0.579. The third-order valence-corrected chi connectivity index (χ3v) is 3.71. The van der Waals surface area contributed by atoms with Gasteiger partial charge in [0.15, 0.2) is 11.5 Å². The van der Waals surface area contributed by atoms with Crippen LogP contribution in [0.25, 0.3) is 0 Å². The summed E-state index contributed by atoms with van der Waals surface area (Å²) in [4.78, 5) is 23.8. The van der Waals surface area contributed by atoms with Gasteiger partial charge in [-0.3, -0.25) is 0 Å². The number of carbonyl (C=O) groups excluding carboxylic acids is 2. The van der Waals surface area contributed by atoms with Crippen molar-refractivity contribution in [3.8, 4) is 11.5 Å². The molecule has 0 heterocycles. The van der Waals surface area contributed by atoms with Gasteiger partial charge < -0.3 is 24.6 Å². The summed E-state index contributed by atoms with van der Waals surface area (Å²) in [6.45, 7) is 5.18. The van der Waals surface area contributed by atoms with Gasteiger partial charge in [-0.1, -0.05) is 0 Å². The Bertz CT molecular complexity index is 588. The summed E-state index contributed by atoms with van der Waals surface area (Å²) in [5.74, 6) is -0.291. The van der Waals surface area contributed by atoms with Crippen molar-refractivity contribution < 1.29 is 28.9 Å². The molecule has 1 aromatic carbocycles. The molecule has 7 nitrogen and oxygen atoms in total. The van der Waals surface area contributed by atoms with Crippen molar-refractivity contribution in [1.29, 1.82) is 0 Å². The van der Waals surface area contributed by atoms with Crippen LogP contribution in [0, 0.1) is 3.57 Å². The molecule has 134 valence electrons. The predicted octanol–water partition coefficient (Wildman–Crippen LogP) is 2.61. The number of amides is 1. The summed E-state index contributed by atoms with van der Waals surface area (Å²) in [5.41, 5.74) is -0.0393. The third-order valence-electron chi connectivity index (χ3n) is 2.90. The van der Waals surface area contributed by atoms with E-state index in [1.807, 2.05) is 22.6 Å².